The summed E-state index contributed by atoms with van der Waals surface area (Å²) >= 11 is 0. The maximum absolute atomic E-state index is 13.3. The van der Waals surface area contributed by atoms with E-state index in [4.69, 9.17) is 4.74 Å². The quantitative estimate of drug-likeness (QED) is 0.837. The van der Waals surface area contributed by atoms with E-state index in [9.17, 15) is 18.4 Å². The van der Waals surface area contributed by atoms with Crippen LogP contribution in [0.25, 0.3) is 0 Å². The lowest BCUT2D eigenvalue weighted by Crippen LogP contribution is -2.36. The highest BCUT2D eigenvalue weighted by molar-refractivity contribution is 5.82. The molecule has 0 unspecified atom stereocenters. The van der Waals surface area contributed by atoms with Crippen LogP contribution >= 0.6 is 0 Å². The number of ketones is 1. The summed E-state index contributed by atoms with van der Waals surface area (Å²) in [6.45, 7) is 0.0919. The SMILES string of the molecule is O=C1CC[C@H](N2C(=O)OC[C@@H]2c2ccc(F)c(F)c2)C1. The highest BCUT2D eigenvalue weighted by Crippen LogP contribution is 2.35. The van der Waals surface area contributed by atoms with Crippen molar-refractivity contribution in [2.75, 3.05) is 6.61 Å². The average Bonchev–Trinajstić information content (AvgIpc) is 2.99. The van der Waals surface area contributed by atoms with Gasteiger partial charge in [0, 0.05) is 18.9 Å². The molecule has 1 aliphatic heterocycles. The van der Waals surface area contributed by atoms with Gasteiger partial charge in [0.15, 0.2) is 11.6 Å². The van der Waals surface area contributed by atoms with Crippen molar-refractivity contribution in [2.24, 2.45) is 0 Å². The lowest BCUT2D eigenvalue weighted by Gasteiger charge is -2.27. The zero-order chi connectivity index (χ0) is 14.3. The van der Waals surface area contributed by atoms with E-state index < -0.39 is 23.8 Å². The highest BCUT2D eigenvalue weighted by atomic mass is 19.2. The largest absolute Gasteiger partial charge is 0.447 e. The maximum atomic E-state index is 13.3. The van der Waals surface area contributed by atoms with Crippen LogP contribution in [0, 0.1) is 11.6 Å². The van der Waals surface area contributed by atoms with E-state index in [1.54, 1.807) is 0 Å². The Morgan fingerprint density at radius 1 is 1.20 bits per heavy atom. The number of carbonyl (C=O) groups is 2. The van der Waals surface area contributed by atoms with Crippen LogP contribution in [0.4, 0.5) is 13.6 Å². The zero-order valence-corrected chi connectivity index (χ0v) is 10.6. The molecule has 1 aromatic carbocycles. The number of benzene rings is 1. The van der Waals surface area contributed by atoms with Gasteiger partial charge in [0.05, 0.1) is 6.04 Å². The fourth-order valence-electron chi connectivity index (χ4n) is 2.84. The summed E-state index contributed by atoms with van der Waals surface area (Å²) < 4.78 is 31.3. The van der Waals surface area contributed by atoms with Crippen LogP contribution in [0.1, 0.15) is 30.9 Å². The molecule has 1 aliphatic carbocycles. The number of carbonyl (C=O) groups excluding carboxylic acids is 2. The molecule has 1 saturated carbocycles. The van der Waals surface area contributed by atoms with Crippen molar-refractivity contribution in [1.29, 1.82) is 0 Å². The minimum atomic E-state index is -0.954. The van der Waals surface area contributed by atoms with Crippen LogP contribution in [0.3, 0.4) is 0 Å². The van der Waals surface area contributed by atoms with Crippen molar-refractivity contribution in [1.82, 2.24) is 4.90 Å². The smallest absolute Gasteiger partial charge is 0.410 e. The Morgan fingerprint density at radius 2 is 2.00 bits per heavy atom. The Balaban J connectivity index is 1.89. The van der Waals surface area contributed by atoms with Crippen LogP contribution in [0.2, 0.25) is 0 Å². The minimum absolute atomic E-state index is 0.0919. The van der Waals surface area contributed by atoms with Gasteiger partial charge in [-0.05, 0) is 24.1 Å². The Kier molecular flexibility index (Phi) is 3.16. The molecule has 1 saturated heterocycles. The van der Waals surface area contributed by atoms with Crippen molar-refractivity contribution in [3.8, 4) is 0 Å². The third kappa shape index (κ3) is 2.15. The molecule has 1 amide bonds. The molecule has 1 heterocycles. The number of amides is 1. The molecule has 2 fully saturated rings. The van der Waals surface area contributed by atoms with Crippen molar-refractivity contribution >= 4 is 11.9 Å². The molecule has 0 spiro atoms. The van der Waals surface area contributed by atoms with Gasteiger partial charge in [0.25, 0.3) is 0 Å². The Morgan fingerprint density at radius 3 is 2.65 bits per heavy atom. The second kappa shape index (κ2) is 4.85. The number of rotatable bonds is 2. The van der Waals surface area contributed by atoms with Gasteiger partial charge in [-0.3, -0.25) is 9.69 Å². The monoisotopic (exact) mass is 281 g/mol. The summed E-state index contributed by atoms with van der Waals surface area (Å²) in [5.41, 5.74) is 0.481. The molecule has 0 radical (unpaired) electrons. The van der Waals surface area contributed by atoms with Gasteiger partial charge in [-0.15, -0.1) is 0 Å². The van der Waals surface area contributed by atoms with Crippen molar-refractivity contribution < 1.29 is 23.1 Å². The highest BCUT2D eigenvalue weighted by Gasteiger charge is 2.41. The summed E-state index contributed by atoms with van der Waals surface area (Å²) in [5, 5.41) is 0. The van der Waals surface area contributed by atoms with E-state index in [2.05, 4.69) is 0 Å². The van der Waals surface area contributed by atoms with Crippen LogP contribution in [-0.4, -0.2) is 29.4 Å². The van der Waals surface area contributed by atoms with Gasteiger partial charge < -0.3 is 4.74 Å². The topological polar surface area (TPSA) is 46.6 Å². The van der Waals surface area contributed by atoms with E-state index in [1.165, 1.54) is 11.0 Å². The molecule has 3 rings (SSSR count). The first-order chi connectivity index (χ1) is 9.56. The number of cyclic esters (lactones) is 1. The molecule has 106 valence electrons. The predicted octanol–water partition coefficient (Wildman–Crippen LogP) is 2.58. The van der Waals surface area contributed by atoms with Crippen molar-refractivity contribution in [3.05, 3.63) is 35.4 Å². The molecule has 2 atom stereocenters. The number of hydrogen-bond acceptors (Lipinski definition) is 3. The lowest BCUT2D eigenvalue weighted by molar-refractivity contribution is -0.117. The molecule has 2 aliphatic rings. The van der Waals surface area contributed by atoms with E-state index in [-0.39, 0.29) is 18.4 Å². The van der Waals surface area contributed by atoms with Crippen LogP contribution in [-0.2, 0) is 9.53 Å². The number of halogens is 2. The summed E-state index contributed by atoms with van der Waals surface area (Å²) in [6.07, 6.45) is 0.835. The molecule has 0 bridgehead atoms. The van der Waals surface area contributed by atoms with E-state index in [1.807, 2.05) is 0 Å². The Labute approximate surface area is 114 Å². The number of Topliss-reactive ketones (excluding diaryl/α,β-unsaturated/α-hetero) is 1. The van der Waals surface area contributed by atoms with Crippen LogP contribution < -0.4 is 0 Å². The molecule has 4 nitrogen and oxygen atoms in total. The second-order valence-electron chi connectivity index (χ2n) is 5.11. The van der Waals surface area contributed by atoms with Gasteiger partial charge in [0.2, 0.25) is 0 Å². The summed E-state index contributed by atoms with van der Waals surface area (Å²) in [4.78, 5) is 24.7. The van der Waals surface area contributed by atoms with Crippen molar-refractivity contribution in [2.45, 2.75) is 31.3 Å². The fourth-order valence-corrected chi connectivity index (χ4v) is 2.84. The third-order valence-corrected chi connectivity index (χ3v) is 3.85. The lowest BCUT2D eigenvalue weighted by atomic mass is 10.0. The normalized spacial score (nSPS) is 26.2. The van der Waals surface area contributed by atoms with Gasteiger partial charge in [-0.25, -0.2) is 13.6 Å². The maximum Gasteiger partial charge on any atom is 0.410 e. The second-order valence-corrected chi connectivity index (χ2v) is 5.11. The van der Waals surface area contributed by atoms with Gasteiger partial charge >= 0.3 is 6.09 Å². The Hall–Kier alpha value is -1.98. The minimum Gasteiger partial charge on any atom is -0.447 e. The summed E-state index contributed by atoms with van der Waals surface area (Å²) in [6, 6.07) is 2.87. The third-order valence-electron chi connectivity index (χ3n) is 3.85. The van der Waals surface area contributed by atoms with Crippen molar-refractivity contribution in [3.63, 3.8) is 0 Å². The first-order valence-electron chi connectivity index (χ1n) is 6.48. The first-order valence-corrected chi connectivity index (χ1v) is 6.48. The van der Waals surface area contributed by atoms with Gasteiger partial charge in [-0.2, -0.15) is 0 Å². The molecule has 0 aromatic heterocycles. The average molecular weight is 281 g/mol. The molecule has 6 heteroatoms. The number of ether oxygens (including phenoxy) is 1. The predicted molar refractivity (Wildman–Crippen MR) is 64.9 cm³/mol. The molecular formula is C14H13F2NO3. The fraction of sp³-hybridized carbons (Fsp3) is 0.429. The number of hydrogen-bond donors (Lipinski definition) is 0. The first kappa shape index (κ1) is 13.0. The van der Waals surface area contributed by atoms with Gasteiger partial charge in [0.1, 0.15) is 12.4 Å². The van der Waals surface area contributed by atoms with E-state index in [0.29, 0.717) is 24.8 Å². The van der Waals surface area contributed by atoms with E-state index in [0.717, 1.165) is 12.1 Å². The van der Waals surface area contributed by atoms with E-state index >= 15 is 0 Å². The van der Waals surface area contributed by atoms with Crippen LogP contribution in [0.15, 0.2) is 18.2 Å². The van der Waals surface area contributed by atoms with Crippen LogP contribution in [0.5, 0.6) is 0 Å². The zero-order valence-electron chi connectivity index (χ0n) is 10.6. The standard InChI is InChI=1S/C14H13F2NO3/c15-11-4-1-8(5-12(11)16)13-7-20-14(19)17(13)9-2-3-10(18)6-9/h1,4-5,9,13H,2-3,6-7H2/t9-,13+/m0/s1. The summed E-state index contributed by atoms with van der Waals surface area (Å²) in [5.74, 6) is -1.77. The molecule has 0 N–H and O–H groups in total. The molecular weight excluding hydrogens is 268 g/mol. The Bertz CT molecular complexity index is 576. The van der Waals surface area contributed by atoms with Gasteiger partial charge in [-0.1, -0.05) is 6.07 Å². The molecule has 1 aromatic rings. The molecule has 20 heavy (non-hydrogen) atoms. The summed E-state index contributed by atoms with van der Waals surface area (Å²) in [7, 11) is 0. The number of nitrogens with zero attached hydrogens (tertiary/aromatic N) is 1.